The Morgan fingerprint density at radius 1 is 0.853 bits per heavy atom. The third-order valence-electron chi connectivity index (χ3n) is 5.42. The summed E-state index contributed by atoms with van der Waals surface area (Å²) in [5.74, 6) is 1.37. The fourth-order valence-electron chi connectivity index (χ4n) is 3.97. The number of aromatic nitrogens is 2. The highest BCUT2D eigenvalue weighted by molar-refractivity contribution is 7.15. The van der Waals surface area contributed by atoms with Gasteiger partial charge in [-0.25, -0.2) is 9.38 Å². The monoisotopic (exact) mass is 468 g/mol. The molecule has 0 aliphatic heterocycles. The maximum absolute atomic E-state index is 13.6. The second kappa shape index (κ2) is 9.53. The summed E-state index contributed by atoms with van der Waals surface area (Å²) in [6, 6.07) is 25.6. The number of thiazole rings is 1. The molecule has 0 saturated carbocycles. The molecule has 0 unspecified atom stereocenters. The molecule has 0 bridgehead atoms. The van der Waals surface area contributed by atoms with Crippen LogP contribution in [0, 0.1) is 0 Å². The molecule has 170 valence electrons. The summed E-state index contributed by atoms with van der Waals surface area (Å²) >= 11 is 1.39. The SMILES string of the molecule is CCOc1ccc(/C=c2/sc3nc(-c4ccccc4)c(-c4ccccc4)n3c2=O)cc1OCC. The number of imidazole rings is 1. The van der Waals surface area contributed by atoms with E-state index in [9.17, 15) is 4.79 Å². The fraction of sp³-hybridized carbons (Fsp3) is 0.143. The van der Waals surface area contributed by atoms with Gasteiger partial charge in [-0.3, -0.25) is 4.79 Å². The van der Waals surface area contributed by atoms with Crippen LogP contribution in [0.4, 0.5) is 0 Å². The van der Waals surface area contributed by atoms with E-state index in [4.69, 9.17) is 14.5 Å². The number of rotatable bonds is 7. The van der Waals surface area contributed by atoms with Crippen molar-refractivity contribution in [2.24, 2.45) is 0 Å². The Morgan fingerprint density at radius 2 is 1.50 bits per heavy atom. The molecule has 0 amide bonds. The lowest BCUT2D eigenvalue weighted by molar-refractivity contribution is 0.287. The molecule has 0 aliphatic rings. The van der Waals surface area contributed by atoms with Gasteiger partial charge in [-0.05, 0) is 37.6 Å². The third-order valence-corrected chi connectivity index (χ3v) is 6.39. The van der Waals surface area contributed by atoms with Gasteiger partial charge in [-0.2, -0.15) is 0 Å². The molecule has 6 heteroatoms. The third kappa shape index (κ3) is 4.08. The number of nitrogens with zero attached hydrogens (tertiary/aromatic N) is 2. The molecule has 0 N–H and O–H groups in total. The fourth-order valence-corrected chi connectivity index (χ4v) is 4.94. The molecular weight excluding hydrogens is 444 g/mol. The molecule has 3 aromatic carbocycles. The minimum absolute atomic E-state index is 0.0830. The van der Waals surface area contributed by atoms with E-state index < -0.39 is 0 Å². The summed E-state index contributed by atoms with van der Waals surface area (Å²) in [6.07, 6.45) is 1.89. The van der Waals surface area contributed by atoms with Gasteiger partial charge in [0.2, 0.25) is 0 Å². The number of hydrogen-bond acceptors (Lipinski definition) is 5. The topological polar surface area (TPSA) is 52.8 Å². The Morgan fingerprint density at radius 3 is 2.18 bits per heavy atom. The number of benzene rings is 3. The van der Waals surface area contributed by atoms with Crippen molar-refractivity contribution in [3.63, 3.8) is 0 Å². The number of hydrogen-bond donors (Lipinski definition) is 0. The standard InChI is InChI=1S/C28H24N2O3S/c1-3-32-22-16-15-19(17-23(22)33-4-2)18-24-27(31)30-26(21-13-9-6-10-14-21)25(29-28(30)34-24)20-11-7-5-8-12-20/h5-18H,3-4H2,1-2H3/b24-18+. The van der Waals surface area contributed by atoms with Crippen molar-refractivity contribution >= 4 is 22.4 Å². The second-order valence-electron chi connectivity index (χ2n) is 7.65. The van der Waals surface area contributed by atoms with Gasteiger partial charge < -0.3 is 9.47 Å². The summed E-state index contributed by atoms with van der Waals surface area (Å²) < 4.78 is 13.8. The van der Waals surface area contributed by atoms with E-state index >= 15 is 0 Å². The van der Waals surface area contributed by atoms with Gasteiger partial charge in [0.1, 0.15) is 0 Å². The van der Waals surface area contributed by atoms with Gasteiger partial charge in [0.05, 0.1) is 29.1 Å². The highest BCUT2D eigenvalue weighted by atomic mass is 32.1. The summed E-state index contributed by atoms with van der Waals surface area (Å²) in [4.78, 5) is 19.2. The number of ether oxygens (including phenoxy) is 2. The smallest absolute Gasteiger partial charge is 0.274 e. The van der Waals surface area contributed by atoms with Crippen LogP contribution in [0.5, 0.6) is 11.5 Å². The quantitative estimate of drug-likeness (QED) is 0.319. The first-order valence-corrected chi connectivity index (χ1v) is 12.1. The van der Waals surface area contributed by atoms with E-state index in [1.807, 2.05) is 98.8 Å². The van der Waals surface area contributed by atoms with E-state index in [0.29, 0.717) is 34.2 Å². The Labute approximate surface area is 201 Å². The maximum Gasteiger partial charge on any atom is 0.274 e. The van der Waals surface area contributed by atoms with E-state index in [0.717, 1.165) is 28.1 Å². The lowest BCUT2D eigenvalue weighted by Gasteiger charge is -2.11. The minimum atomic E-state index is -0.0830. The minimum Gasteiger partial charge on any atom is -0.490 e. The summed E-state index contributed by atoms with van der Waals surface area (Å²) in [5, 5.41) is 0. The van der Waals surface area contributed by atoms with Gasteiger partial charge in [0.15, 0.2) is 16.5 Å². The molecule has 0 atom stereocenters. The number of fused-ring (bicyclic) bond motifs is 1. The highest BCUT2D eigenvalue weighted by Gasteiger charge is 2.20. The normalized spacial score (nSPS) is 11.8. The van der Waals surface area contributed by atoms with Crippen LogP contribution in [-0.4, -0.2) is 22.6 Å². The molecule has 0 saturated heterocycles. The van der Waals surface area contributed by atoms with Crippen LogP contribution in [0.15, 0.2) is 83.7 Å². The average molecular weight is 469 g/mol. The van der Waals surface area contributed by atoms with Gasteiger partial charge in [0.25, 0.3) is 5.56 Å². The second-order valence-corrected chi connectivity index (χ2v) is 8.66. The predicted octanol–water partition coefficient (Wildman–Crippen LogP) is 5.44. The van der Waals surface area contributed by atoms with Crippen LogP contribution >= 0.6 is 11.3 Å². The van der Waals surface area contributed by atoms with E-state index in [2.05, 4.69) is 0 Å². The Hall–Kier alpha value is -3.90. The Balaban J connectivity index is 1.69. The van der Waals surface area contributed by atoms with Crippen molar-refractivity contribution in [3.05, 3.63) is 99.3 Å². The summed E-state index contributed by atoms with van der Waals surface area (Å²) in [7, 11) is 0. The highest BCUT2D eigenvalue weighted by Crippen LogP contribution is 2.33. The first-order valence-electron chi connectivity index (χ1n) is 11.3. The van der Waals surface area contributed by atoms with Gasteiger partial charge >= 0.3 is 0 Å². The largest absolute Gasteiger partial charge is 0.490 e. The molecule has 5 aromatic rings. The van der Waals surface area contributed by atoms with Crippen molar-refractivity contribution in [2.45, 2.75) is 13.8 Å². The van der Waals surface area contributed by atoms with Gasteiger partial charge in [0, 0.05) is 11.1 Å². The molecule has 34 heavy (non-hydrogen) atoms. The van der Waals surface area contributed by atoms with Gasteiger partial charge in [-0.15, -0.1) is 0 Å². The van der Waals surface area contributed by atoms with E-state index in [1.165, 1.54) is 11.3 Å². The molecule has 2 heterocycles. The molecule has 0 spiro atoms. The van der Waals surface area contributed by atoms with E-state index in [-0.39, 0.29) is 5.56 Å². The first kappa shape index (κ1) is 21.9. The summed E-state index contributed by atoms with van der Waals surface area (Å²) in [6.45, 7) is 4.97. The molecule has 5 rings (SSSR count). The predicted molar refractivity (Wildman–Crippen MR) is 138 cm³/mol. The van der Waals surface area contributed by atoms with Crippen LogP contribution in [0.2, 0.25) is 0 Å². The average Bonchev–Trinajstić information content (AvgIpc) is 3.38. The van der Waals surface area contributed by atoms with Crippen LogP contribution < -0.4 is 19.6 Å². The zero-order valence-electron chi connectivity index (χ0n) is 19.0. The summed E-state index contributed by atoms with van der Waals surface area (Å²) in [5.41, 5.74) is 4.34. The molecule has 2 aromatic heterocycles. The van der Waals surface area contributed by atoms with Crippen molar-refractivity contribution in [3.8, 4) is 34.0 Å². The van der Waals surface area contributed by atoms with Crippen molar-refractivity contribution in [1.82, 2.24) is 9.38 Å². The van der Waals surface area contributed by atoms with Crippen LogP contribution in [0.3, 0.4) is 0 Å². The van der Waals surface area contributed by atoms with Crippen LogP contribution in [0.25, 0.3) is 33.6 Å². The molecule has 0 aliphatic carbocycles. The molecule has 5 nitrogen and oxygen atoms in total. The maximum atomic E-state index is 13.6. The zero-order valence-corrected chi connectivity index (χ0v) is 19.8. The van der Waals surface area contributed by atoms with Crippen LogP contribution in [0.1, 0.15) is 19.4 Å². The molecular formula is C28H24N2O3S. The zero-order chi connectivity index (χ0) is 23.5. The van der Waals surface area contributed by atoms with Crippen LogP contribution in [-0.2, 0) is 0 Å². The van der Waals surface area contributed by atoms with Crippen molar-refractivity contribution in [2.75, 3.05) is 13.2 Å². The van der Waals surface area contributed by atoms with Gasteiger partial charge in [-0.1, -0.05) is 78.1 Å². The lowest BCUT2D eigenvalue weighted by Crippen LogP contribution is -2.23. The first-order chi connectivity index (χ1) is 16.7. The lowest BCUT2D eigenvalue weighted by atomic mass is 10.1. The molecule has 0 fully saturated rings. The molecule has 0 radical (unpaired) electrons. The van der Waals surface area contributed by atoms with E-state index in [1.54, 1.807) is 4.40 Å². The Bertz CT molecular complexity index is 1540. The van der Waals surface area contributed by atoms with Crippen molar-refractivity contribution in [1.29, 1.82) is 0 Å². The van der Waals surface area contributed by atoms with Crippen molar-refractivity contribution < 1.29 is 9.47 Å². The Kier molecular flexibility index (Phi) is 6.14.